The second kappa shape index (κ2) is 10.9. The quantitative estimate of drug-likeness (QED) is 0.424. The third-order valence-electron chi connectivity index (χ3n) is 4.56. The Morgan fingerprint density at radius 1 is 0.733 bits per heavy atom. The first-order valence-electron chi connectivity index (χ1n) is 9.67. The zero-order valence-electron chi connectivity index (χ0n) is 16.4. The standard InChI is InChI=1S/C24H23N3O2S/c28-21(17-16-18-10-4-1-5-11-18)25-24(30)27-26-23(29)22(19-12-6-2-7-13-19)20-14-8-3-9-15-20/h1-15,22H,16-17H2,(H,26,29)(H2,25,27,28,30). The first kappa shape index (κ1) is 21.2. The lowest BCUT2D eigenvalue weighted by Gasteiger charge is -2.19. The average Bonchev–Trinajstić information content (AvgIpc) is 2.79. The lowest BCUT2D eigenvalue weighted by Crippen LogP contribution is -2.49. The van der Waals surface area contributed by atoms with Gasteiger partial charge >= 0.3 is 0 Å². The van der Waals surface area contributed by atoms with E-state index in [0.29, 0.717) is 12.8 Å². The van der Waals surface area contributed by atoms with Crippen molar-refractivity contribution in [3.05, 3.63) is 108 Å². The Kier molecular flexibility index (Phi) is 7.69. The van der Waals surface area contributed by atoms with Crippen molar-refractivity contribution in [1.82, 2.24) is 16.2 Å². The maximum Gasteiger partial charge on any atom is 0.250 e. The summed E-state index contributed by atoms with van der Waals surface area (Å²) in [4.78, 5) is 25.0. The summed E-state index contributed by atoms with van der Waals surface area (Å²) in [5.41, 5.74) is 8.05. The second-order valence-electron chi connectivity index (χ2n) is 6.73. The van der Waals surface area contributed by atoms with Gasteiger partial charge in [-0.05, 0) is 35.3 Å². The number of benzene rings is 3. The van der Waals surface area contributed by atoms with E-state index in [-0.39, 0.29) is 16.9 Å². The second-order valence-corrected chi connectivity index (χ2v) is 7.14. The molecule has 30 heavy (non-hydrogen) atoms. The van der Waals surface area contributed by atoms with Gasteiger partial charge in [0.15, 0.2) is 5.11 Å². The van der Waals surface area contributed by atoms with Gasteiger partial charge in [-0.15, -0.1) is 0 Å². The highest BCUT2D eigenvalue weighted by molar-refractivity contribution is 7.80. The van der Waals surface area contributed by atoms with E-state index >= 15 is 0 Å². The molecule has 0 saturated carbocycles. The summed E-state index contributed by atoms with van der Waals surface area (Å²) in [6, 6.07) is 28.7. The normalized spacial score (nSPS) is 10.3. The van der Waals surface area contributed by atoms with E-state index in [9.17, 15) is 9.59 Å². The average molecular weight is 418 g/mol. The number of rotatable bonds is 6. The van der Waals surface area contributed by atoms with Crippen molar-refractivity contribution in [1.29, 1.82) is 0 Å². The van der Waals surface area contributed by atoms with Gasteiger partial charge in [0.05, 0.1) is 5.92 Å². The lowest BCUT2D eigenvalue weighted by molar-refractivity contribution is -0.123. The fraction of sp³-hybridized carbons (Fsp3) is 0.125. The van der Waals surface area contributed by atoms with Gasteiger partial charge in [-0.25, -0.2) is 0 Å². The summed E-state index contributed by atoms with van der Waals surface area (Å²) < 4.78 is 0. The Hall–Kier alpha value is -3.51. The van der Waals surface area contributed by atoms with Crippen molar-refractivity contribution in [2.45, 2.75) is 18.8 Å². The number of hydrazine groups is 1. The monoisotopic (exact) mass is 417 g/mol. The SMILES string of the molecule is O=C(CCc1ccccc1)NC(=S)NNC(=O)C(c1ccccc1)c1ccccc1. The Morgan fingerprint density at radius 2 is 1.23 bits per heavy atom. The van der Waals surface area contributed by atoms with Crippen LogP contribution in [0.25, 0.3) is 0 Å². The summed E-state index contributed by atoms with van der Waals surface area (Å²) in [6.45, 7) is 0. The summed E-state index contributed by atoms with van der Waals surface area (Å²) in [5, 5.41) is 2.65. The Labute approximate surface area is 181 Å². The number of hydrogen-bond donors (Lipinski definition) is 3. The molecule has 0 saturated heterocycles. The molecule has 0 unspecified atom stereocenters. The van der Waals surface area contributed by atoms with Crippen LogP contribution in [0.3, 0.4) is 0 Å². The molecule has 0 heterocycles. The third kappa shape index (κ3) is 6.25. The molecular weight excluding hydrogens is 394 g/mol. The number of nitrogens with one attached hydrogen (secondary N) is 3. The Bertz CT molecular complexity index is 940. The highest BCUT2D eigenvalue weighted by atomic mass is 32.1. The largest absolute Gasteiger partial charge is 0.302 e. The maximum atomic E-state index is 12.9. The van der Waals surface area contributed by atoms with Crippen molar-refractivity contribution < 1.29 is 9.59 Å². The number of hydrogen-bond acceptors (Lipinski definition) is 3. The van der Waals surface area contributed by atoms with Gasteiger partial charge in [-0.1, -0.05) is 91.0 Å². The van der Waals surface area contributed by atoms with E-state index in [1.165, 1.54) is 0 Å². The Balaban J connectivity index is 1.54. The molecule has 2 amide bonds. The van der Waals surface area contributed by atoms with Crippen LogP contribution in [0.4, 0.5) is 0 Å². The van der Waals surface area contributed by atoms with E-state index in [0.717, 1.165) is 16.7 Å². The molecule has 6 heteroatoms. The molecule has 0 aromatic heterocycles. The fourth-order valence-electron chi connectivity index (χ4n) is 3.10. The number of aryl methyl sites for hydroxylation is 1. The van der Waals surface area contributed by atoms with Gasteiger partial charge in [0.1, 0.15) is 0 Å². The molecule has 3 aromatic carbocycles. The van der Waals surface area contributed by atoms with Gasteiger partial charge in [-0.2, -0.15) is 0 Å². The maximum absolute atomic E-state index is 12.9. The highest BCUT2D eigenvalue weighted by Gasteiger charge is 2.22. The van der Waals surface area contributed by atoms with E-state index in [2.05, 4.69) is 16.2 Å². The molecule has 5 nitrogen and oxygen atoms in total. The molecule has 3 aromatic rings. The first-order chi connectivity index (χ1) is 14.6. The third-order valence-corrected chi connectivity index (χ3v) is 4.77. The smallest absolute Gasteiger partial charge is 0.250 e. The molecule has 0 radical (unpaired) electrons. The Morgan fingerprint density at radius 3 is 1.77 bits per heavy atom. The minimum atomic E-state index is -0.503. The van der Waals surface area contributed by atoms with Crippen LogP contribution in [-0.2, 0) is 16.0 Å². The molecule has 0 aliphatic carbocycles. The first-order valence-corrected chi connectivity index (χ1v) is 10.1. The predicted octanol–water partition coefficient (Wildman–Crippen LogP) is 3.47. The van der Waals surface area contributed by atoms with E-state index < -0.39 is 5.92 Å². The summed E-state index contributed by atoms with van der Waals surface area (Å²) >= 11 is 5.14. The van der Waals surface area contributed by atoms with E-state index in [1.807, 2.05) is 91.0 Å². The topological polar surface area (TPSA) is 70.2 Å². The summed E-state index contributed by atoms with van der Waals surface area (Å²) in [6.07, 6.45) is 0.919. The van der Waals surface area contributed by atoms with Gasteiger partial charge in [0, 0.05) is 6.42 Å². The molecule has 0 aliphatic rings. The van der Waals surface area contributed by atoms with Crippen LogP contribution in [0.15, 0.2) is 91.0 Å². The zero-order chi connectivity index (χ0) is 21.2. The van der Waals surface area contributed by atoms with E-state index in [4.69, 9.17) is 12.2 Å². The van der Waals surface area contributed by atoms with Crippen LogP contribution in [0.5, 0.6) is 0 Å². The molecular formula is C24H23N3O2S. The predicted molar refractivity (Wildman–Crippen MR) is 122 cm³/mol. The van der Waals surface area contributed by atoms with Crippen LogP contribution in [0, 0.1) is 0 Å². The molecule has 0 spiro atoms. The molecule has 0 bridgehead atoms. The number of carbonyl (C=O) groups excluding carboxylic acids is 2. The van der Waals surface area contributed by atoms with Crippen molar-refractivity contribution in [3.8, 4) is 0 Å². The van der Waals surface area contributed by atoms with Crippen molar-refractivity contribution >= 4 is 29.1 Å². The van der Waals surface area contributed by atoms with Crippen LogP contribution in [-0.4, -0.2) is 16.9 Å². The summed E-state index contributed by atoms with van der Waals surface area (Å²) in [5.74, 6) is -0.988. The lowest BCUT2D eigenvalue weighted by atomic mass is 9.91. The molecule has 3 N–H and O–H groups in total. The van der Waals surface area contributed by atoms with Gasteiger partial charge < -0.3 is 5.32 Å². The van der Waals surface area contributed by atoms with Crippen LogP contribution in [0.2, 0.25) is 0 Å². The number of thiocarbonyl (C=S) groups is 1. The van der Waals surface area contributed by atoms with Crippen LogP contribution < -0.4 is 16.2 Å². The van der Waals surface area contributed by atoms with Gasteiger partial charge in [-0.3, -0.25) is 20.4 Å². The van der Waals surface area contributed by atoms with E-state index in [1.54, 1.807) is 0 Å². The van der Waals surface area contributed by atoms with Crippen molar-refractivity contribution in [2.24, 2.45) is 0 Å². The van der Waals surface area contributed by atoms with Crippen LogP contribution >= 0.6 is 12.2 Å². The number of carbonyl (C=O) groups is 2. The number of amides is 2. The molecule has 0 aliphatic heterocycles. The minimum Gasteiger partial charge on any atom is -0.302 e. The molecule has 3 rings (SSSR count). The highest BCUT2D eigenvalue weighted by Crippen LogP contribution is 2.24. The summed E-state index contributed by atoms with van der Waals surface area (Å²) in [7, 11) is 0. The molecule has 152 valence electrons. The minimum absolute atomic E-state index is 0.0567. The van der Waals surface area contributed by atoms with Gasteiger partial charge in [0.25, 0.3) is 0 Å². The molecule has 0 fully saturated rings. The zero-order valence-corrected chi connectivity index (χ0v) is 17.2. The fourth-order valence-corrected chi connectivity index (χ4v) is 3.26. The van der Waals surface area contributed by atoms with Crippen LogP contribution in [0.1, 0.15) is 29.0 Å². The van der Waals surface area contributed by atoms with Crippen molar-refractivity contribution in [3.63, 3.8) is 0 Å². The van der Waals surface area contributed by atoms with Crippen molar-refractivity contribution in [2.75, 3.05) is 0 Å². The molecule has 0 atom stereocenters. The van der Waals surface area contributed by atoms with Gasteiger partial charge in [0.2, 0.25) is 11.8 Å².